The molecular weight excluding hydrogens is 346 g/mol. The number of thiocarbonyl (C=S) groups is 1. The molecule has 1 aliphatic heterocycles. The zero-order chi connectivity index (χ0) is 16.2. The molecule has 1 aromatic carbocycles. The molecule has 1 saturated heterocycles. The minimum Gasteiger partial charge on any atom is -0.346 e. The van der Waals surface area contributed by atoms with Crippen LogP contribution in [-0.4, -0.2) is 41.1 Å². The second kappa shape index (κ2) is 7.62. The topological polar surface area (TPSA) is 18.5 Å². The second-order valence-electron chi connectivity index (χ2n) is 5.69. The molecule has 2 aromatic rings. The summed E-state index contributed by atoms with van der Waals surface area (Å²) in [5, 5.41) is 7.02. The van der Waals surface area contributed by atoms with Crippen LogP contribution in [0.3, 0.4) is 0 Å². The van der Waals surface area contributed by atoms with E-state index in [9.17, 15) is 0 Å². The van der Waals surface area contributed by atoms with E-state index in [1.165, 1.54) is 4.88 Å². The van der Waals surface area contributed by atoms with Crippen LogP contribution < -0.4 is 5.32 Å². The lowest BCUT2D eigenvalue weighted by atomic mass is 10.2. The van der Waals surface area contributed by atoms with Crippen LogP contribution in [0.5, 0.6) is 0 Å². The van der Waals surface area contributed by atoms with Crippen LogP contribution in [-0.2, 0) is 6.54 Å². The van der Waals surface area contributed by atoms with Crippen molar-refractivity contribution >= 4 is 46.0 Å². The van der Waals surface area contributed by atoms with Crippen molar-refractivity contribution in [2.24, 2.45) is 0 Å². The fraction of sp³-hybridized carbons (Fsp3) is 0.353. The number of benzene rings is 1. The molecule has 0 amide bonds. The lowest BCUT2D eigenvalue weighted by molar-refractivity contribution is 0.178. The number of rotatable bonds is 3. The molecule has 0 saturated carbocycles. The molecule has 122 valence electrons. The first kappa shape index (κ1) is 16.7. The quantitative estimate of drug-likeness (QED) is 0.820. The highest BCUT2D eigenvalue weighted by Gasteiger charge is 2.19. The van der Waals surface area contributed by atoms with E-state index < -0.39 is 0 Å². The van der Waals surface area contributed by atoms with Crippen LogP contribution in [0, 0.1) is 6.92 Å². The smallest absolute Gasteiger partial charge is 0.173 e. The third-order valence-electron chi connectivity index (χ3n) is 4.13. The second-order valence-corrected chi connectivity index (χ2v) is 7.51. The van der Waals surface area contributed by atoms with Crippen LogP contribution >= 0.6 is 35.2 Å². The number of nitrogens with one attached hydrogen (secondary N) is 1. The fourth-order valence-corrected chi connectivity index (χ4v) is 3.88. The molecule has 1 N–H and O–H groups in total. The lowest BCUT2D eigenvalue weighted by Gasteiger charge is -2.36. The molecule has 0 aliphatic carbocycles. The Hall–Kier alpha value is -1.14. The third kappa shape index (κ3) is 4.23. The minimum absolute atomic E-state index is 0.763. The van der Waals surface area contributed by atoms with E-state index in [1.54, 1.807) is 0 Å². The van der Waals surface area contributed by atoms with Crippen molar-refractivity contribution in [2.75, 3.05) is 31.5 Å². The van der Waals surface area contributed by atoms with Crippen molar-refractivity contribution in [2.45, 2.75) is 13.5 Å². The van der Waals surface area contributed by atoms with Gasteiger partial charge in [0.05, 0.1) is 0 Å². The van der Waals surface area contributed by atoms with Crippen molar-refractivity contribution in [3.8, 4) is 0 Å². The standard InChI is InChI=1S/C17H20ClN3S2/c1-13-15(18)5-2-6-16(13)19-17(22)21-9-7-20(8-10-21)12-14-4-3-11-23-14/h2-6,11H,7-10,12H2,1H3,(H,19,22). The van der Waals surface area contributed by atoms with Crippen molar-refractivity contribution in [3.05, 3.63) is 51.2 Å². The Morgan fingerprint density at radius 1 is 1.22 bits per heavy atom. The molecule has 23 heavy (non-hydrogen) atoms. The van der Waals surface area contributed by atoms with Crippen LogP contribution in [0.1, 0.15) is 10.4 Å². The first-order valence-electron chi connectivity index (χ1n) is 7.69. The van der Waals surface area contributed by atoms with Crippen molar-refractivity contribution in [1.82, 2.24) is 9.80 Å². The molecule has 1 aliphatic rings. The summed E-state index contributed by atoms with van der Waals surface area (Å²) in [6.07, 6.45) is 0. The van der Waals surface area contributed by atoms with Crippen LogP contribution in [0.4, 0.5) is 5.69 Å². The van der Waals surface area contributed by atoms with Crippen LogP contribution in [0.2, 0.25) is 5.02 Å². The Morgan fingerprint density at radius 2 is 2.00 bits per heavy atom. The summed E-state index contributed by atoms with van der Waals surface area (Å²) in [6.45, 7) is 7.03. The molecule has 0 unspecified atom stereocenters. The summed E-state index contributed by atoms with van der Waals surface area (Å²) in [5.41, 5.74) is 2.02. The normalized spacial score (nSPS) is 15.7. The molecular formula is C17H20ClN3S2. The first-order valence-corrected chi connectivity index (χ1v) is 9.36. The van der Waals surface area contributed by atoms with E-state index in [2.05, 4.69) is 32.6 Å². The number of thiophene rings is 1. The highest BCUT2D eigenvalue weighted by molar-refractivity contribution is 7.80. The summed E-state index contributed by atoms with van der Waals surface area (Å²) < 4.78 is 0. The van der Waals surface area contributed by atoms with E-state index in [4.69, 9.17) is 23.8 Å². The average Bonchev–Trinajstić information content (AvgIpc) is 3.05. The zero-order valence-electron chi connectivity index (χ0n) is 13.1. The Bertz CT molecular complexity index is 664. The molecule has 6 heteroatoms. The highest BCUT2D eigenvalue weighted by atomic mass is 35.5. The number of hydrogen-bond acceptors (Lipinski definition) is 3. The average molecular weight is 366 g/mol. The van der Waals surface area contributed by atoms with E-state index in [-0.39, 0.29) is 0 Å². The largest absolute Gasteiger partial charge is 0.346 e. The Kier molecular flexibility index (Phi) is 5.54. The Labute approximate surface area is 151 Å². The monoisotopic (exact) mass is 365 g/mol. The maximum Gasteiger partial charge on any atom is 0.173 e. The lowest BCUT2D eigenvalue weighted by Crippen LogP contribution is -2.49. The van der Waals surface area contributed by atoms with Gasteiger partial charge >= 0.3 is 0 Å². The maximum atomic E-state index is 6.17. The van der Waals surface area contributed by atoms with E-state index in [1.807, 2.05) is 36.5 Å². The predicted molar refractivity (Wildman–Crippen MR) is 104 cm³/mol. The van der Waals surface area contributed by atoms with E-state index in [0.29, 0.717) is 0 Å². The molecule has 0 spiro atoms. The van der Waals surface area contributed by atoms with Crippen LogP contribution in [0.15, 0.2) is 35.7 Å². The van der Waals surface area contributed by atoms with Crippen molar-refractivity contribution < 1.29 is 0 Å². The van der Waals surface area contributed by atoms with Crippen molar-refractivity contribution in [1.29, 1.82) is 0 Å². The van der Waals surface area contributed by atoms with Gasteiger partial charge in [-0.25, -0.2) is 0 Å². The number of piperazine rings is 1. The zero-order valence-corrected chi connectivity index (χ0v) is 15.5. The Balaban J connectivity index is 1.53. The van der Waals surface area contributed by atoms with Gasteiger partial charge in [0, 0.05) is 48.3 Å². The van der Waals surface area contributed by atoms with Gasteiger partial charge in [-0.2, -0.15) is 0 Å². The van der Waals surface area contributed by atoms with Gasteiger partial charge in [-0.1, -0.05) is 23.7 Å². The SMILES string of the molecule is Cc1c(Cl)cccc1NC(=S)N1CCN(Cc2cccs2)CC1. The summed E-state index contributed by atoms with van der Waals surface area (Å²) >= 11 is 13.6. The highest BCUT2D eigenvalue weighted by Crippen LogP contribution is 2.23. The summed E-state index contributed by atoms with van der Waals surface area (Å²) in [4.78, 5) is 6.14. The van der Waals surface area contributed by atoms with Gasteiger partial charge in [0.1, 0.15) is 0 Å². The Morgan fingerprint density at radius 3 is 2.70 bits per heavy atom. The number of halogens is 1. The molecule has 0 bridgehead atoms. The van der Waals surface area contributed by atoms with E-state index in [0.717, 1.165) is 54.1 Å². The maximum absolute atomic E-state index is 6.17. The molecule has 3 nitrogen and oxygen atoms in total. The first-order chi connectivity index (χ1) is 11.1. The number of anilines is 1. The van der Waals surface area contributed by atoms with Gasteiger partial charge in [0.15, 0.2) is 5.11 Å². The molecule has 2 heterocycles. The summed E-state index contributed by atoms with van der Waals surface area (Å²) in [5.74, 6) is 0. The third-order valence-corrected chi connectivity index (χ3v) is 5.76. The van der Waals surface area contributed by atoms with Gasteiger partial charge < -0.3 is 10.2 Å². The number of nitrogens with zero attached hydrogens (tertiary/aromatic N) is 2. The molecule has 0 atom stereocenters. The van der Waals surface area contributed by atoms with Gasteiger partial charge in [0.25, 0.3) is 0 Å². The molecule has 3 rings (SSSR count). The summed E-state index contributed by atoms with van der Waals surface area (Å²) in [6, 6.07) is 10.2. The van der Waals surface area contributed by atoms with Gasteiger partial charge in [0.2, 0.25) is 0 Å². The van der Waals surface area contributed by atoms with Crippen molar-refractivity contribution in [3.63, 3.8) is 0 Å². The molecule has 1 aromatic heterocycles. The fourth-order valence-electron chi connectivity index (χ4n) is 2.67. The van der Waals surface area contributed by atoms with Crippen LogP contribution in [0.25, 0.3) is 0 Å². The minimum atomic E-state index is 0.763. The molecule has 0 radical (unpaired) electrons. The van der Waals surface area contributed by atoms with E-state index >= 15 is 0 Å². The number of hydrogen-bond donors (Lipinski definition) is 1. The van der Waals surface area contributed by atoms with Gasteiger partial charge in [-0.3, -0.25) is 4.90 Å². The summed E-state index contributed by atoms with van der Waals surface area (Å²) in [7, 11) is 0. The predicted octanol–water partition coefficient (Wildman–Crippen LogP) is 4.22. The molecule has 1 fully saturated rings. The van der Waals surface area contributed by atoms with Gasteiger partial charge in [-0.15, -0.1) is 11.3 Å². The van der Waals surface area contributed by atoms with Gasteiger partial charge in [-0.05, 0) is 48.3 Å².